The van der Waals surface area contributed by atoms with Gasteiger partial charge in [0, 0.05) is 25.6 Å². The molecule has 0 aromatic heterocycles. The van der Waals surface area contributed by atoms with Crippen LogP contribution in [0.3, 0.4) is 0 Å². The van der Waals surface area contributed by atoms with Crippen LogP contribution < -0.4 is 10.6 Å². The van der Waals surface area contributed by atoms with E-state index >= 15 is 0 Å². The lowest BCUT2D eigenvalue weighted by Gasteiger charge is -2.21. The standard InChI is InChI=1S/C14H24N4O/c1-16-14(17-9-11-5-3-7-13(11)19)18-12-6-2-4-10(12)8-15/h10-13,19H,2-7,9H2,1H3,(H2,16,17,18). The Kier molecular flexibility index (Phi) is 5.03. The van der Waals surface area contributed by atoms with Gasteiger partial charge in [-0.05, 0) is 32.1 Å². The zero-order valence-electron chi connectivity index (χ0n) is 11.6. The Morgan fingerprint density at radius 1 is 1.32 bits per heavy atom. The zero-order chi connectivity index (χ0) is 13.7. The minimum atomic E-state index is -0.177. The third kappa shape index (κ3) is 3.60. The average Bonchev–Trinajstić information content (AvgIpc) is 3.03. The molecule has 0 saturated heterocycles. The van der Waals surface area contributed by atoms with Gasteiger partial charge in [-0.15, -0.1) is 0 Å². The van der Waals surface area contributed by atoms with E-state index in [1.807, 2.05) is 0 Å². The number of aliphatic hydroxyl groups is 1. The van der Waals surface area contributed by atoms with Gasteiger partial charge in [0.1, 0.15) is 0 Å². The van der Waals surface area contributed by atoms with Gasteiger partial charge in [-0.2, -0.15) is 5.26 Å². The number of nitriles is 1. The number of hydrogen-bond acceptors (Lipinski definition) is 3. The molecule has 2 aliphatic carbocycles. The quantitative estimate of drug-likeness (QED) is 0.525. The van der Waals surface area contributed by atoms with E-state index in [0.29, 0.717) is 5.92 Å². The Bertz CT molecular complexity index is 363. The zero-order valence-corrected chi connectivity index (χ0v) is 11.6. The van der Waals surface area contributed by atoms with Crippen LogP contribution in [0, 0.1) is 23.2 Å². The summed E-state index contributed by atoms with van der Waals surface area (Å²) in [6.07, 6.45) is 6.04. The van der Waals surface area contributed by atoms with Gasteiger partial charge in [-0.25, -0.2) is 0 Å². The van der Waals surface area contributed by atoms with Crippen LogP contribution in [0.25, 0.3) is 0 Å². The number of rotatable bonds is 3. The molecule has 0 radical (unpaired) electrons. The molecule has 2 saturated carbocycles. The summed E-state index contributed by atoms with van der Waals surface area (Å²) >= 11 is 0. The Morgan fingerprint density at radius 3 is 2.74 bits per heavy atom. The van der Waals surface area contributed by atoms with Crippen LogP contribution in [0.5, 0.6) is 0 Å². The summed E-state index contributed by atoms with van der Waals surface area (Å²) in [7, 11) is 1.75. The monoisotopic (exact) mass is 264 g/mol. The summed E-state index contributed by atoms with van der Waals surface area (Å²) in [5.41, 5.74) is 0. The molecule has 19 heavy (non-hydrogen) atoms. The average molecular weight is 264 g/mol. The van der Waals surface area contributed by atoms with Gasteiger partial charge in [0.15, 0.2) is 5.96 Å². The maximum absolute atomic E-state index is 9.80. The predicted octanol–water partition coefficient (Wildman–Crippen LogP) is 1.00. The first-order valence-corrected chi connectivity index (χ1v) is 7.29. The molecule has 3 N–H and O–H groups in total. The fourth-order valence-electron chi connectivity index (χ4n) is 3.14. The highest BCUT2D eigenvalue weighted by Gasteiger charge is 2.29. The van der Waals surface area contributed by atoms with Crippen molar-refractivity contribution in [2.24, 2.45) is 16.8 Å². The first kappa shape index (κ1) is 14.1. The predicted molar refractivity (Wildman–Crippen MR) is 74.6 cm³/mol. The molecule has 0 amide bonds. The van der Waals surface area contributed by atoms with Gasteiger partial charge in [0.25, 0.3) is 0 Å². The van der Waals surface area contributed by atoms with Gasteiger partial charge in [-0.3, -0.25) is 4.99 Å². The number of aliphatic imine (C=N–C) groups is 1. The minimum absolute atomic E-state index is 0.0932. The van der Waals surface area contributed by atoms with E-state index < -0.39 is 0 Å². The summed E-state index contributed by atoms with van der Waals surface area (Å²) in [5.74, 6) is 1.18. The molecule has 4 unspecified atom stereocenters. The Morgan fingerprint density at radius 2 is 2.11 bits per heavy atom. The largest absolute Gasteiger partial charge is 0.393 e. The molecule has 0 bridgehead atoms. The fraction of sp³-hybridized carbons (Fsp3) is 0.857. The maximum atomic E-state index is 9.80. The molecule has 0 heterocycles. The number of guanidine groups is 1. The van der Waals surface area contributed by atoms with Crippen molar-refractivity contribution < 1.29 is 5.11 Å². The van der Waals surface area contributed by atoms with Crippen molar-refractivity contribution in [3.8, 4) is 6.07 Å². The first-order chi connectivity index (χ1) is 9.24. The number of hydrogen-bond donors (Lipinski definition) is 3. The van der Waals surface area contributed by atoms with Gasteiger partial charge in [0.2, 0.25) is 0 Å². The third-order valence-corrected chi connectivity index (χ3v) is 4.38. The second-order valence-corrected chi connectivity index (χ2v) is 5.63. The van der Waals surface area contributed by atoms with Crippen LogP contribution in [-0.2, 0) is 0 Å². The van der Waals surface area contributed by atoms with E-state index in [4.69, 9.17) is 5.26 Å². The van der Waals surface area contributed by atoms with Crippen LogP contribution in [-0.4, -0.2) is 36.8 Å². The summed E-state index contributed by atoms with van der Waals surface area (Å²) in [5, 5.41) is 25.5. The molecule has 0 aliphatic heterocycles. The highest BCUT2D eigenvalue weighted by molar-refractivity contribution is 5.80. The van der Waals surface area contributed by atoms with Crippen molar-refractivity contribution in [3.63, 3.8) is 0 Å². The van der Waals surface area contributed by atoms with Gasteiger partial charge >= 0.3 is 0 Å². The van der Waals surface area contributed by atoms with Crippen LogP contribution in [0.2, 0.25) is 0 Å². The number of aliphatic hydroxyl groups excluding tert-OH is 1. The fourth-order valence-corrected chi connectivity index (χ4v) is 3.14. The number of nitrogens with one attached hydrogen (secondary N) is 2. The summed E-state index contributed by atoms with van der Waals surface area (Å²) in [6, 6.07) is 2.58. The lowest BCUT2D eigenvalue weighted by Crippen LogP contribution is -2.46. The molecule has 2 fully saturated rings. The molecule has 2 aliphatic rings. The molecule has 5 nitrogen and oxygen atoms in total. The molecular weight excluding hydrogens is 240 g/mol. The summed E-state index contributed by atoms with van der Waals surface area (Å²) in [4.78, 5) is 4.21. The van der Waals surface area contributed by atoms with Crippen LogP contribution in [0.4, 0.5) is 0 Å². The van der Waals surface area contributed by atoms with Crippen molar-refractivity contribution in [2.75, 3.05) is 13.6 Å². The van der Waals surface area contributed by atoms with E-state index in [0.717, 1.165) is 51.0 Å². The lowest BCUT2D eigenvalue weighted by atomic mass is 10.1. The van der Waals surface area contributed by atoms with E-state index in [1.165, 1.54) is 0 Å². The summed E-state index contributed by atoms with van der Waals surface area (Å²) < 4.78 is 0. The van der Waals surface area contributed by atoms with Gasteiger partial charge in [-0.1, -0.05) is 6.42 Å². The maximum Gasteiger partial charge on any atom is 0.191 e. The molecule has 0 aromatic carbocycles. The van der Waals surface area contributed by atoms with E-state index in [9.17, 15) is 5.11 Å². The van der Waals surface area contributed by atoms with Gasteiger partial charge in [0.05, 0.1) is 18.1 Å². The van der Waals surface area contributed by atoms with Crippen molar-refractivity contribution in [1.29, 1.82) is 5.26 Å². The third-order valence-electron chi connectivity index (χ3n) is 4.38. The molecule has 106 valence electrons. The second-order valence-electron chi connectivity index (χ2n) is 5.63. The Hall–Kier alpha value is -1.28. The molecule has 2 rings (SSSR count). The SMILES string of the molecule is CN=C(NCC1CCCC1O)NC1CCCC1C#N. The lowest BCUT2D eigenvalue weighted by molar-refractivity contribution is 0.134. The second kappa shape index (κ2) is 6.76. The van der Waals surface area contributed by atoms with E-state index in [2.05, 4.69) is 21.7 Å². The minimum Gasteiger partial charge on any atom is -0.393 e. The normalized spacial score (nSPS) is 35.1. The van der Waals surface area contributed by atoms with Crippen molar-refractivity contribution >= 4 is 5.96 Å². The van der Waals surface area contributed by atoms with Crippen LogP contribution in [0.15, 0.2) is 4.99 Å². The van der Waals surface area contributed by atoms with Crippen LogP contribution in [0.1, 0.15) is 38.5 Å². The van der Waals surface area contributed by atoms with E-state index in [1.54, 1.807) is 7.05 Å². The van der Waals surface area contributed by atoms with Gasteiger partial charge < -0.3 is 15.7 Å². The topological polar surface area (TPSA) is 80.4 Å². The van der Waals surface area contributed by atoms with E-state index in [-0.39, 0.29) is 18.1 Å². The summed E-state index contributed by atoms with van der Waals surface area (Å²) in [6.45, 7) is 0.755. The first-order valence-electron chi connectivity index (χ1n) is 7.29. The Labute approximate surface area is 115 Å². The van der Waals surface area contributed by atoms with Crippen LogP contribution >= 0.6 is 0 Å². The number of nitrogens with zero attached hydrogens (tertiary/aromatic N) is 2. The highest BCUT2D eigenvalue weighted by atomic mass is 16.3. The molecule has 0 spiro atoms. The molecule has 4 atom stereocenters. The molecule has 0 aromatic rings. The van der Waals surface area contributed by atoms with Crippen molar-refractivity contribution in [3.05, 3.63) is 0 Å². The molecular formula is C14H24N4O. The van der Waals surface area contributed by atoms with Crippen molar-refractivity contribution in [1.82, 2.24) is 10.6 Å². The Balaban J connectivity index is 1.79. The smallest absolute Gasteiger partial charge is 0.191 e. The molecule has 5 heteroatoms. The van der Waals surface area contributed by atoms with Crippen molar-refractivity contribution in [2.45, 2.75) is 50.7 Å². The highest BCUT2D eigenvalue weighted by Crippen LogP contribution is 2.25.